The summed E-state index contributed by atoms with van der Waals surface area (Å²) in [4.78, 5) is 0. The number of aliphatic hydroxyl groups is 1. The first-order chi connectivity index (χ1) is 6.41. The zero-order valence-corrected chi connectivity index (χ0v) is 9.15. The van der Waals surface area contributed by atoms with E-state index >= 15 is 0 Å². The molecule has 0 amide bonds. The Kier molecular flexibility index (Phi) is 12.4. The second kappa shape index (κ2) is 12.2. The van der Waals surface area contributed by atoms with E-state index in [0.29, 0.717) is 6.61 Å². The first kappa shape index (κ1) is 13.2. The maximum atomic E-state index is 8.51. The van der Waals surface area contributed by atoms with Crippen LogP contribution in [0.5, 0.6) is 0 Å². The Morgan fingerprint density at radius 3 is 2.62 bits per heavy atom. The molecule has 0 fully saturated rings. The molecule has 0 aliphatic carbocycles. The Morgan fingerprint density at radius 2 is 1.92 bits per heavy atom. The Hall–Kier alpha value is 0.230. The van der Waals surface area contributed by atoms with Crippen molar-refractivity contribution in [2.45, 2.75) is 12.8 Å². The largest absolute Gasteiger partial charge is 0.396 e. The predicted octanol–water partition coefficient (Wildman–Crippen LogP) is 1.16. The fraction of sp³-hybridized carbons (Fsp3) is 1.00. The molecule has 0 rings (SSSR count). The second-order valence-corrected chi connectivity index (χ2v) is 3.87. The van der Waals surface area contributed by atoms with Gasteiger partial charge in [0, 0.05) is 32.7 Å². The van der Waals surface area contributed by atoms with Crippen LogP contribution >= 0.6 is 11.8 Å². The van der Waals surface area contributed by atoms with Gasteiger partial charge in [-0.05, 0) is 18.6 Å². The fourth-order valence-electron chi connectivity index (χ4n) is 0.794. The van der Waals surface area contributed by atoms with Crippen LogP contribution in [0.4, 0.5) is 0 Å². The molecule has 1 N–H and O–H groups in total. The van der Waals surface area contributed by atoms with Gasteiger partial charge in [0.2, 0.25) is 0 Å². The highest BCUT2D eigenvalue weighted by Gasteiger charge is 1.90. The van der Waals surface area contributed by atoms with Crippen molar-refractivity contribution >= 4 is 11.8 Å². The van der Waals surface area contributed by atoms with Gasteiger partial charge in [0.15, 0.2) is 0 Å². The molecule has 4 heteroatoms. The third kappa shape index (κ3) is 12.2. The summed E-state index contributed by atoms with van der Waals surface area (Å²) in [5.74, 6) is 2.05. The minimum Gasteiger partial charge on any atom is -0.396 e. The van der Waals surface area contributed by atoms with Crippen molar-refractivity contribution < 1.29 is 14.6 Å². The van der Waals surface area contributed by atoms with Crippen molar-refractivity contribution in [3.8, 4) is 0 Å². The molecule has 0 aromatic heterocycles. The average Bonchev–Trinajstić information content (AvgIpc) is 2.16. The third-order valence-corrected chi connectivity index (χ3v) is 2.49. The molecule has 0 saturated carbocycles. The maximum absolute atomic E-state index is 8.51. The summed E-state index contributed by atoms with van der Waals surface area (Å²) in [5.41, 5.74) is 0. The van der Waals surface area contributed by atoms with Gasteiger partial charge in [-0.25, -0.2) is 0 Å². The lowest BCUT2D eigenvalue weighted by Gasteiger charge is -2.03. The highest BCUT2D eigenvalue weighted by Crippen LogP contribution is 2.01. The highest BCUT2D eigenvalue weighted by molar-refractivity contribution is 7.99. The summed E-state index contributed by atoms with van der Waals surface area (Å²) >= 11 is 1.83. The molecule has 0 aromatic carbocycles. The SMILES string of the molecule is COCCCOCCSCCCO. The lowest BCUT2D eigenvalue weighted by atomic mass is 10.5. The molecule has 0 bridgehead atoms. The molecule has 3 nitrogen and oxygen atoms in total. The number of hydrogen-bond acceptors (Lipinski definition) is 4. The monoisotopic (exact) mass is 208 g/mol. The van der Waals surface area contributed by atoms with E-state index in [-0.39, 0.29) is 0 Å². The van der Waals surface area contributed by atoms with Gasteiger partial charge in [-0.3, -0.25) is 0 Å². The number of ether oxygens (including phenoxy) is 2. The fourth-order valence-corrected chi connectivity index (χ4v) is 1.57. The van der Waals surface area contributed by atoms with Crippen LogP contribution < -0.4 is 0 Å². The van der Waals surface area contributed by atoms with E-state index in [2.05, 4.69) is 0 Å². The second-order valence-electron chi connectivity index (χ2n) is 2.65. The van der Waals surface area contributed by atoms with Gasteiger partial charge in [-0.1, -0.05) is 0 Å². The Balaban J connectivity index is 2.76. The zero-order chi connectivity index (χ0) is 9.78. The Morgan fingerprint density at radius 1 is 1.08 bits per heavy atom. The molecule has 0 saturated heterocycles. The van der Waals surface area contributed by atoms with Crippen LogP contribution in [-0.4, -0.2) is 50.1 Å². The van der Waals surface area contributed by atoms with Crippen molar-refractivity contribution in [2.75, 3.05) is 45.0 Å². The molecule has 0 unspecified atom stereocenters. The number of hydrogen-bond donors (Lipinski definition) is 1. The predicted molar refractivity (Wildman–Crippen MR) is 56.3 cm³/mol. The minimum atomic E-state index is 0.293. The van der Waals surface area contributed by atoms with Crippen molar-refractivity contribution in [2.24, 2.45) is 0 Å². The Labute approximate surface area is 84.8 Å². The molecule has 0 aliphatic rings. The summed E-state index contributed by atoms with van der Waals surface area (Å²) < 4.78 is 10.2. The van der Waals surface area contributed by atoms with Crippen molar-refractivity contribution in [1.82, 2.24) is 0 Å². The number of thioether (sulfide) groups is 1. The molecule has 0 aromatic rings. The normalized spacial score (nSPS) is 10.6. The van der Waals surface area contributed by atoms with Crippen LogP contribution in [0.2, 0.25) is 0 Å². The number of methoxy groups -OCH3 is 1. The Bertz CT molecular complexity index is 80.9. The smallest absolute Gasteiger partial charge is 0.0556 e. The molecule has 0 atom stereocenters. The third-order valence-electron chi connectivity index (χ3n) is 1.46. The lowest BCUT2D eigenvalue weighted by Crippen LogP contribution is -2.02. The van der Waals surface area contributed by atoms with Gasteiger partial charge in [0.1, 0.15) is 0 Å². The molecule has 80 valence electrons. The number of aliphatic hydroxyl groups excluding tert-OH is 1. The van der Waals surface area contributed by atoms with Crippen LogP contribution in [0, 0.1) is 0 Å². The van der Waals surface area contributed by atoms with E-state index in [4.69, 9.17) is 14.6 Å². The van der Waals surface area contributed by atoms with Crippen molar-refractivity contribution in [1.29, 1.82) is 0 Å². The number of rotatable bonds is 10. The summed E-state index contributed by atoms with van der Waals surface area (Å²) in [6, 6.07) is 0. The van der Waals surface area contributed by atoms with Gasteiger partial charge in [-0.15, -0.1) is 0 Å². The average molecular weight is 208 g/mol. The zero-order valence-electron chi connectivity index (χ0n) is 8.33. The van der Waals surface area contributed by atoms with Gasteiger partial charge in [0.25, 0.3) is 0 Å². The summed E-state index contributed by atoms with van der Waals surface area (Å²) in [5, 5.41) is 8.51. The molecule has 0 spiro atoms. The molecule has 13 heavy (non-hydrogen) atoms. The van der Waals surface area contributed by atoms with Crippen LogP contribution in [0.25, 0.3) is 0 Å². The topological polar surface area (TPSA) is 38.7 Å². The first-order valence-electron chi connectivity index (χ1n) is 4.67. The summed E-state index contributed by atoms with van der Waals surface area (Å²) in [6.07, 6.45) is 1.85. The molecule has 0 aliphatic heterocycles. The standard InChI is InChI=1S/C9H20O3S/c1-11-5-3-6-12-7-9-13-8-2-4-10/h10H,2-9H2,1H3. The van der Waals surface area contributed by atoms with Crippen LogP contribution in [-0.2, 0) is 9.47 Å². The summed E-state index contributed by atoms with van der Waals surface area (Å²) in [6.45, 7) is 2.66. The highest BCUT2D eigenvalue weighted by atomic mass is 32.2. The van der Waals surface area contributed by atoms with Gasteiger partial charge in [0.05, 0.1) is 6.61 Å². The maximum Gasteiger partial charge on any atom is 0.0556 e. The first-order valence-corrected chi connectivity index (χ1v) is 5.82. The van der Waals surface area contributed by atoms with Crippen LogP contribution in [0.1, 0.15) is 12.8 Å². The van der Waals surface area contributed by atoms with E-state index in [1.807, 2.05) is 11.8 Å². The minimum absolute atomic E-state index is 0.293. The molecular formula is C9H20O3S. The van der Waals surface area contributed by atoms with Crippen molar-refractivity contribution in [3.05, 3.63) is 0 Å². The van der Waals surface area contributed by atoms with E-state index in [9.17, 15) is 0 Å². The van der Waals surface area contributed by atoms with Gasteiger partial charge in [-0.2, -0.15) is 11.8 Å². The van der Waals surface area contributed by atoms with Gasteiger partial charge < -0.3 is 14.6 Å². The van der Waals surface area contributed by atoms with Crippen LogP contribution in [0.3, 0.4) is 0 Å². The van der Waals surface area contributed by atoms with E-state index < -0.39 is 0 Å². The lowest BCUT2D eigenvalue weighted by molar-refractivity contribution is 0.113. The van der Waals surface area contributed by atoms with E-state index in [1.165, 1.54) is 0 Å². The van der Waals surface area contributed by atoms with Gasteiger partial charge >= 0.3 is 0 Å². The van der Waals surface area contributed by atoms with E-state index in [0.717, 1.165) is 44.2 Å². The molecule has 0 heterocycles. The summed E-state index contributed by atoms with van der Waals surface area (Å²) in [7, 11) is 1.70. The molecular weight excluding hydrogens is 188 g/mol. The van der Waals surface area contributed by atoms with Crippen LogP contribution in [0.15, 0.2) is 0 Å². The molecule has 0 radical (unpaired) electrons. The van der Waals surface area contributed by atoms with Crippen molar-refractivity contribution in [3.63, 3.8) is 0 Å². The van der Waals surface area contributed by atoms with E-state index in [1.54, 1.807) is 7.11 Å². The quantitative estimate of drug-likeness (QED) is 0.547.